The molecule has 0 fully saturated rings. The lowest BCUT2D eigenvalue weighted by molar-refractivity contribution is 1.50. The van der Waals surface area contributed by atoms with E-state index in [4.69, 9.17) is 5.53 Å². The van der Waals surface area contributed by atoms with E-state index in [1.54, 1.807) is 6.07 Å². The molecule has 0 heterocycles. The van der Waals surface area contributed by atoms with E-state index >= 15 is 0 Å². The van der Waals surface area contributed by atoms with Gasteiger partial charge in [0.1, 0.15) is 0 Å². The molecule has 0 aliphatic carbocycles. The minimum Gasteiger partial charge on any atom is -0.0616 e. The maximum atomic E-state index is 8.32. The van der Waals surface area contributed by atoms with Crippen LogP contribution in [0, 0.1) is 6.07 Å². The molecule has 3 nitrogen and oxygen atoms in total. The van der Waals surface area contributed by atoms with Gasteiger partial charge in [0.25, 0.3) is 0 Å². The molecule has 0 bridgehead atoms. The van der Waals surface area contributed by atoms with E-state index in [0.29, 0.717) is 5.69 Å². The number of nitrogens with zero attached hydrogens (tertiary/aromatic N) is 3. The summed E-state index contributed by atoms with van der Waals surface area (Å²) in [5, 5.41) is 5.55. The number of rotatable bonds is 1. The van der Waals surface area contributed by atoms with Crippen LogP contribution in [0.15, 0.2) is 41.5 Å². The smallest absolute Gasteiger partial charge is 0.0532 e. The zero-order valence-electron chi connectivity index (χ0n) is 6.81. The second-order valence-corrected chi connectivity index (χ2v) is 2.60. The fraction of sp³-hybridized carbons (Fsp3) is 0. The molecule has 0 aliphatic heterocycles. The fourth-order valence-electron chi connectivity index (χ4n) is 1.27. The van der Waals surface area contributed by atoms with Gasteiger partial charge in [-0.2, -0.15) is 0 Å². The first-order chi connectivity index (χ1) is 6.42. The van der Waals surface area contributed by atoms with Gasteiger partial charge in [0.05, 0.1) is 5.69 Å². The van der Waals surface area contributed by atoms with Crippen molar-refractivity contribution in [3.05, 3.63) is 52.9 Å². The molecule has 0 unspecified atom stereocenters. The highest BCUT2D eigenvalue weighted by atomic mass is 15.1. The molecule has 0 aromatic heterocycles. The maximum Gasteiger partial charge on any atom is 0.0532 e. The molecule has 0 spiro atoms. The van der Waals surface area contributed by atoms with Gasteiger partial charge in [-0.15, -0.1) is 0 Å². The molecule has 0 amide bonds. The quantitative estimate of drug-likeness (QED) is 0.355. The Kier molecular flexibility index (Phi) is 1.87. The Balaban J connectivity index is 2.82. The highest BCUT2D eigenvalue weighted by Gasteiger charge is 1.96. The van der Waals surface area contributed by atoms with Gasteiger partial charge in [0.2, 0.25) is 0 Å². The van der Waals surface area contributed by atoms with Crippen molar-refractivity contribution in [1.82, 2.24) is 0 Å². The van der Waals surface area contributed by atoms with Crippen molar-refractivity contribution in [2.24, 2.45) is 5.11 Å². The van der Waals surface area contributed by atoms with E-state index in [0.717, 1.165) is 10.8 Å². The fourth-order valence-corrected chi connectivity index (χ4v) is 1.27. The highest BCUT2D eigenvalue weighted by molar-refractivity contribution is 5.91. The third kappa shape index (κ3) is 1.33. The first-order valence-corrected chi connectivity index (χ1v) is 3.86. The number of benzene rings is 2. The lowest BCUT2D eigenvalue weighted by atomic mass is 10.1. The molecule has 61 valence electrons. The van der Waals surface area contributed by atoms with E-state index < -0.39 is 0 Å². The van der Waals surface area contributed by atoms with Crippen molar-refractivity contribution in [2.75, 3.05) is 0 Å². The van der Waals surface area contributed by atoms with Gasteiger partial charge in [0.15, 0.2) is 0 Å². The Bertz CT molecular complexity index is 479. The van der Waals surface area contributed by atoms with Crippen molar-refractivity contribution < 1.29 is 0 Å². The molecular formula is C10H6N3. The average molecular weight is 168 g/mol. The van der Waals surface area contributed by atoms with Crippen LogP contribution in [-0.2, 0) is 0 Å². The number of azide groups is 1. The highest BCUT2D eigenvalue weighted by Crippen LogP contribution is 2.24. The van der Waals surface area contributed by atoms with Crippen molar-refractivity contribution >= 4 is 16.5 Å². The van der Waals surface area contributed by atoms with Crippen LogP contribution in [0.4, 0.5) is 5.69 Å². The third-order valence-electron chi connectivity index (χ3n) is 1.84. The summed E-state index contributed by atoms with van der Waals surface area (Å²) < 4.78 is 0. The van der Waals surface area contributed by atoms with Gasteiger partial charge in [0, 0.05) is 4.91 Å². The van der Waals surface area contributed by atoms with Gasteiger partial charge in [-0.3, -0.25) is 0 Å². The van der Waals surface area contributed by atoms with E-state index in [2.05, 4.69) is 16.1 Å². The largest absolute Gasteiger partial charge is 0.0616 e. The normalized spacial score (nSPS) is 9.54. The topological polar surface area (TPSA) is 48.8 Å². The van der Waals surface area contributed by atoms with Crippen molar-refractivity contribution in [2.45, 2.75) is 0 Å². The Morgan fingerprint density at radius 1 is 1.23 bits per heavy atom. The first-order valence-electron chi connectivity index (χ1n) is 3.86. The van der Waals surface area contributed by atoms with Crippen LogP contribution < -0.4 is 0 Å². The van der Waals surface area contributed by atoms with Crippen LogP contribution in [0.1, 0.15) is 0 Å². The lowest BCUT2D eigenvalue weighted by Crippen LogP contribution is -1.71. The third-order valence-corrected chi connectivity index (χ3v) is 1.84. The molecule has 0 saturated carbocycles. The molecule has 0 N–H and O–H groups in total. The Hall–Kier alpha value is -1.99. The second-order valence-electron chi connectivity index (χ2n) is 2.60. The van der Waals surface area contributed by atoms with Crippen LogP contribution in [0.25, 0.3) is 21.2 Å². The van der Waals surface area contributed by atoms with Crippen LogP contribution >= 0.6 is 0 Å². The van der Waals surface area contributed by atoms with Gasteiger partial charge >= 0.3 is 0 Å². The summed E-state index contributed by atoms with van der Waals surface area (Å²) >= 11 is 0. The van der Waals surface area contributed by atoms with Gasteiger partial charge in [-0.25, -0.2) is 0 Å². The van der Waals surface area contributed by atoms with E-state index in [-0.39, 0.29) is 0 Å². The Morgan fingerprint density at radius 3 is 2.92 bits per heavy atom. The molecule has 0 aliphatic rings. The van der Waals surface area contributed by atoms with Crippen LogP contribution in [0.2, 0.25) is 0 Å². The summed E-state index contributed by atoms with van der Waals surface area (Å²) in [4.78, 5) is 2.75. The van der Waals surface area contributed by atoms with Crippen LogP contribution in [-0.4, -0.2) is 0 Å². The summed E-state index contributed by atoms with van der Waals surface area (Å²) in [5.41, 5.74) is 8.87. The standard InChI is InChI=1S/C10H6N3/c11-13-12-10-7-3-5-8-4-1-2-6-9(8)10/h1-6H. The van der Waals surface area contributed by atoms with E-state index in [9.17, 15) is 0 Å². The number of hydrogen-bond acceptors (Lipinski definition) is 1. The van der Waals surface area contributed by atoms with Crippen LogP contribution in [0.3, 0.4) is 0 Å². The van der Waals surface area contributed by atoms with Crippen LogP contribution in [0.5, 0.6) is 0 Å². The zero-order valence-corrected chi connectivity index (χ0v) is 6.81. The SMILES string of the molecule is [N-]=[N+]=Nc1[c]ccc2ccccc12. The second kappa shape index (κ2) is 3.17. The summed E-state index contributed by atoms with van der Waals surface area (Å²) in [6.45, 7) is 0. The predicted molar refractivity (Wildman–Crippen MR) is 51.6 cm³/mol. The molecule has 0 atom stereocenters. The molecule has 13 heavy (non-hydrogen) atoms. The first kappa shape index (κ1) is 7.65. The van der Waals surface area contributed by atoms with Gasteiger partial charge in [-0.1, -0.05) is 41.5 Å². The number of hydrogen-bond donors (Lipinski definition) is 0. The van der Waals surface area contributed by atoms with Crippen molar-refractivity contribution in [3.8, 4) is 0 Å². The summed E-state index contributed by atoms with van der Waals surface area (Å²) in [5.74, 6) is 0. The minimum absolute atomic E-state index is 0.556. The maximum absolute atomic E-state index is 8.32. The molecule has 0 saturated heterocycles. The van der Waals surface area contributed by atoms with Crippen molar-refractivity contribution in [1.29, 1.82) is 0 Å². The van der Waals surface area contributed by atoms with E-state index in [1.807, 2.05) is 30.3 Å². The van der Waals surface area contributed by atoms with Crippen molar-refractivity contribution in [3.63, 3.8) is 0 Å². The molecule has 2 rings (SSSR count). The molecule has 2 aromatic carbocycles. The lowest BCUT2D eigenvalue weighted by Gasteiger charge is -1.98. The Morgan fingerprint density at radius 2 is 2.08 bits per heavy atom. The predicted octanol–water partition coefficient (Wildman–Crippen LogP) is 3.58. The average Bonchev–Trinajstić information content (AvgIpc) is 2.19. The monoisotopic (exact) mass is 168 g/mol. The minimum atomic E-state index is 0.556. The zero-order chi connectivity index (χ0) is 9.10. The number of fused-ring (bicyclic) bond motifs is 1. The molecule has 1 radical (unpaired) electrons. The molecule has 2 aromatic rings. The molecular weight excluding hydrogens is 162 g/mol. The van der Waals surface area contributed by atoms with Gasteiger partial charge < -0.3 is 0 Å². The molecule has 3 heteroatoms. The Labute approximate surface area is 75.2 Å². The van der Waals surface area contributed by atoms with Gasteiger partial charge in [-0.05, 0) is 22.4 Å². The summed E-state index contributed by atoms with van der Waals surface area (Å²) in [6.07, 6.45) is 0. The summed E-state index contributed by atoms with van der Waals surface area (Å²) in [7, 11) is 0. The summed E-state index contributed by atoms with van der Waals surface area (Å²) in [6, 6.07) is 14.3. The van der Waals surface area contributed by atoms with E-state index in [1.165, 1.54) is 0 Å².